The first-order valence-electron chi connectivity index (χ1n) is 5.82. The highest BCUT2D eigenvalue weighted by Gasteiger charge is 2.34. The number of carbonyl (C=O) groups is 1. The molecule has 5 heteroatoms. The first-order valence-corrected chi connectivity index (χ1v) is 5.82. The summed E-state index contributed by atoms with van der Waals surface area (Å²) >= 11 is 0. The van der Waals surface area contributed by atoms with Crippen molar-refractivity contribution in [2.75, 3.05) is 19.8 Å². The topological polar surface area (TPSA) is 67.8 Å². The zero-order valence-electron chi connectivity index (χ0n) is 9.57. The lowest BCUT2D eigenvalue weighted by Crippen LogP contribution is -2.46. The Morgan fingerprint density at radius 1 is 1.56 bits per heavy atom. The van der Waals surface area contributed by atoms with Crippen LogP contribution in [-0.4, -0.2) is 48.6 Å². The van der Waals surface area contributed by atoms with Gasteiger partial charge in [0.05, 0.1) is 12.7 Å². The van der Waals surface area contributed by atoms with Gasteiger partial charge < -0.3 is 19.9 Å². The van der Waals surface area contributed by atoms with Gasteiger partial charge in [-0.15, -0.1) is 0 Å². The average Bonchev–Trinajstić information content (AvgIpc) is 2.85. The Hall–Kier alpha value is -0.650. The predicted molar refractivity (Wildman–Crippen MR) is 57.0 cm³/mol. The van der Waals surface area contributed by atoms with E-state index in [2.05, 4.69) is 5.32 Å². The lowest BCUT2D eigenvalue weighted by molar-refractivity contribution is -0.133. The molecule has 3 unspecified atom stereocenters. The van der Waals surface area contributed by atoms with E-state index in [9.17, 15) is 9.90 Å². The molecule has 0 saturated carbocycles. The van der Waals surface area contributed by atoms with Crippen LogP contribution in [0.4, 0.5) is 0 Å². The molecule has 2 rings (SSSR count). The van der Waals surface area contributed by atoms with Crippen LogP contribution in [0.5, 0.6) is 0 Å². The Morgan fingerprint density at radius 2 is 2.38 bits per heavy atom. The molecule has 0 aromatic heterocycles. The Labute approximate surface area is 95.1 Å². The maximum absolute atomic E-state index is 11.7. The molecule has 0 aliphatic carbocycles. The summed E-state index contributed by atoms with van der Waals surface area (Å²) in [4.78, 5) is 11.7. The van der Waals surface area contributed by atoms with E-state index in [4.69, 9.17) is 9.47 Å². The van der Waals surface area contributed by atoms with E-state index in [0.29, 0.717) is 19.6 Å². The minimum Gasteiger partial charge on any atom is -0.386 e. The van der Waals surface area contributed by atoms with Gasteiger partial charge in [0, 0.05) is 19.6 Å². The second kappa shape index (κ2) is 4.69. The van der Waals surface area contributed by atoms with Gasteiger partial charge in [0.1, 0.15) is 11.7 Å². The summed E-state index contributed by atoms with van der Waals surface area (Å²) in [5, 5.41) is 12.7. The monoisotopic (exact) mass is 229 g/mol. The van der Waals surface area contributed by atoms with E-state index in [1.54, 1.807) is 0 Å². The molecular formula is C11H19NO4. The molecule has 2 aliphatic rings. The van der Waals surface area contributed by atoms with Crippen LogP contribution < -0.4 is 5.32 Å². The van der Waals surface area contributed by atoms with Crippen LogP contribution in [0.3, 0.4) is 0 Å². The van der Waals surface area contributed by atoms with Crippen molar-refractivity contribution in [2.24, 2.45) is 0 Å². The van der Waals surface area contributed by atoms with Gasteiger partial charge in [-0.05, 0) is 19.8 Å². The molecule has 2 heterocycles. The van der Waals surface area contributed by atoms with Crippen LogP contribution in [0.15, 0.2) is 0 Å². The van der Waals surface area contributed by atoms with Crippen molar-refractivity contribution >= 4 is 5.91 Å². The number of carbonyl (C=O) groups excluding carboxylic acids is 1. The van der Waals surface area contributed by atoms with E-state index < -0.39 is 5.60 Å². The zero-order valence-corrected chi connectivity index (χ0v) is 9.57. The maximum atomic E-state index is 11.7. The normalized spacial score (nSPS) is 38.9. The fraction of sp³-hybridized carbons (Fsp3) is 0.909. The second-order valence-corrected chi connectivity index (χ2v) is 4.76. The molecule has 0 bridgehead atoms. The minimum atomic E-state index is -0.889. The summed E-state index contributed by atoms with van der Waals surface area (Å²) in [6, 6.07) is 0. The zero-order chi connectivity index (χ0) is 11.6. The van der Waals surface area contributed by atoms with Gasteiger partial charge in [0.15, 0.2) is 0 Å². The van der Waals surface area contributed by atoms with Crippen LogP contribution in [-0.2, 0) is 14.3 Å². The number of hydrogen-bond acceptors (Lipinski definition) is 4. The molecule has 0 aromatic rings. The third-order valence-electron chi connectivity index (χ3n) is 3.20. The molecule has 2 N–H and O–H groups in total. The number of aliphatic hydroxyl groups is 1. The summed E-state index contributed by atoms with van der Waals surface area (Å²) in [6.45, 7) is 3.07. The summed E-state index contributed by atoms with van der Waals surface area (Å²) in [7, 11) is 0. The highest BCUT2D eigenvalue weighted by molar-refractivity contribution is 5.81. The number of rotatable bonds is 3. The van der Waals surface area contributed by atoms with E-state index in [-0.39, 0.29) is 24.7 Å². The van der Waals surface area contributed by atoms with E-state index in [1.807, 2.05) is 6.92 Å². The Bertz CT molecular complexity index is 263. The van der Waals surface area contributed by atoms with Gasteiger partial charge in [-0.3, -0.25) is 4.79 Å². The van der Waals surface area contributed by atoms with Crippen LogP contribution in [0.25, 0.3) is 0 Å². The minimum absolute atomic E-state index is 0.121. The highest BCUT2D eigenvalue weighted by Crippen LogP contribution is 2.20. The van der Waals surface area contributed by atoms with Crippen molar-refractivity contribution in [1.82, 2.24) is 5.32 Å². The fourth-order valence-electron chi connectivity index (χ4n) is 2.10. The summed E-state index contributed by atoms with van der Waals surface area (Å²) < 4.78 is 10.5. The molecule has 2 saturated heterocycles. The standard InChI is InChI=1S/C11H19NO4/c1-8-2-3-9(16-8)10(13)12-6-11(14)4-5-15-7-11/h8-9,14H,2-7H2,1H3,(H,12,13). The van der Waals surface area contributed by atoms with Crippen molar-refractivity contribution in [1.29, 1.82) is 0 Å². The quantitative estimate of drug-likeness (QED) is 0.704. The Morgan fingerprint density at radius 3 is 2.94 bits per heavy atom. The smallest absolute Gasteiger partial charge is 0.249 e. The molecule has 3 atom stereocenters. The van der Waals surface area contributed by atoms with Crippen LogP contribution in [0.2, 0.25) is 0 Å². The van der Waals surface area contributed by atoms with Crippen LogP contribution in [0.1, 0.15) is 26.2 Å². The van der Waals surface area contributed by atoms with Gasteiger partial charge in [0.2, 0.25) is 5.91 Å². The van der Waals surface area contributed by atoms with Crippen molar-refractivity contribution in [3.8, 4) is 0 Å². The van der Waals surface area contributed by atoms with Crippen molar-refractivity contribution < 1.29 is 19.4 Å². The van der Waals surface area contributed by atoms with Crippen molar-refractivity contribution in [3.05, 3.63) is 0 Å². The molecule has 92 valence electrons. The van der Waals surface area contributed by atoms with Gasteiger partial charge in [-0.25, -0.2) is 0 Å². The first kappa shape index (κ1) is 11.8. The molecular weight excluding hydrogens is 210 g/mol. The number of amides is 1. The average molecular weight is 229 g/mol. The van der Waals surface area contributed by atoms with Crippen LogP contribution in [0, 0.1) is 0 Å². The number of nitrogens with one attached hydrogen (secondary N) is 1. The molecule has 5 nitrogen and oxygen atoms in total. The Kier molecular flexibility index (Phi) is 3.47. The SMILES string of the molecule is CC1CCC(C(=O)NCC2(O)CCOC2)O1. The van der Waals surface area contributed by atoms with Gasteiger partial charge in [0.25, 0.3) is 0 Å². The number of hydrogen-bond donors (Lipinski definition) is 2. The summed E-state index contributed by atoms with van der Waals surface area (Å²) in [6.07, 6.45) is 2.08. The molecule has 0 radical (unpaired) electrons. The third-order valence-corrected chi connectivity index (χ3v) is 3.20. The maximum Gasteiger partial charge on any atom is 0.249 e. The first-order chi connectivity index (χ1) is 7.59. The van der Waals surface area contributed by atoms with Crippen LogP contribution >= 0.6 is 0 Å². The molecule has 0 aromatic carbocycles. The third kappa shape index (κ3) is 2.72. The van der Waals surface area contributed by atoms with Gasteiger partial charge >= 0.3 is 0 Å². The van der Waals surface area contributed by atoms with Crippen molar-refractivity contribution in [2.45, 2.75) is 44.0 Å². The van der Waals surface area contributed by atoms with Gasteiger partial charge in [-0.2, -0.15) is 0 Å². The molecule has 2 aliphatic heterocycles. The van der Waals surface area contributed by atoms with E-state index >= 15 is 0 Å². The largest absolute Gasteiger partial charge is 0.386 e. The molecule has 1 amide bonds. The lowest BCUT2D eigenvalue weighted by atomic mass is 10.0. The summed E-state index contributed by atoms with van der Waals surface area (Å²) in [5.74, 6) is -0.121. The summed E-state index contributed by atoms with van der Waals surface area (Å²) in [5.41, 5.74) is -0.889. The lowest BCUT2D eigenvalue weighted by Gasteiger charge is -2.21. The second-order valence-electron chi connectivity index (χ2n) is 4.76. The van der Waals surface area contributed by atoms with E-state index in [1.165, 1.54) is 0 Å². The van der Waals surface area contributed by atoms with E-state index in [0.717, 1.165) is 12.8 Å². The molecule has 0 spiro atoms. The predicted octanol–water partition coefficient (Wildman–Crippen LogP) is -0.179. The fourth-order valence-corrected chi connectivity index (χ4v) is 2.10. The van der Waals surface area contributed by atoms with Gasteiger partial charge in [-0.1, -0.05) is 0 Å². The highest BCUT2D eigenvalue weighted by atomic mass is 16.5. The molecule has 2 fully saturated rings. The van der Waals surface area contributed by atoms with Crippen molar-refractivity contribution in [3.63, 3.8) is 0 Å². The molecule has 16 heavy (non-hydrogen) atoms. The Balaban J connectivity index is 1.75. The number of ether oxygens (including phenoxy) is 2.